The van der Waals surface area contributed by atoms with Gasteiger partial charge in [-0.1, -0.05) is 23.7 Å². The van der Waals surface area contributed by atoms with E-state index >= 15 is 0 Å². The van der Waals surface area contributed by atoms with Gasteiger partial charge in [-0.05, 0) is 60.8 Å². The van der Waals surface area contributed by atoms with Crippen molar-refractivity contribution in [3.05, 3.63) is 70.9 Å². The maximum Gasteiger partial charge on any atom is 0.0991 e. The molecule has 2 N–H and O–H groups in total. The number of rotatable bonds is 4. The summed E-state index contributed by atoms with van der Waals surface area (Å²) >= 11 is 7.70. The minimum absolute atomic E-state index is 0.500. The highest BCUT2D eigenvalue weighted by atomic mass is 35.5. The second kappa shape index (κ2) is 9.16. The van der Waals surface area contributed by atoms with E-state index in [1.54, 1.807) is 12.1 Å². The average molecular weight is 374 g/mol. The molecular weight excluding hydrogens is 357 g/mol. The number of anilines is 1. The van der Waals surface area contributed by atoms with Crippen LogP contribution in [0.3, 0.4) is 0 Å². The Morgan fingerprint density at radius 1 is 1.16 bits per heavy atom. The summed E-state index contributed by atoms with van der Waals surface area (Å²) in [4.78, 5) is 4.35. The molecular formula is C19H17ClFN3S. The summed E-state index contributed by atoms with van der Waals surface area (Å²) in [5.41, 5.74) is 4.81. The summed E-state index contributed by atoms with van der Waals surface area (Å²) < 4.78 is 12.8. The van der Waals surface area contributed by atoms with Crippen LogP contribution in [0.4, 0.5) is 10.1 Å². The number of nitrogens with one attached hydrogen (secondary N) is 2. The van der Waals surface area contributed by atoms with E-state index in [1.807, 2.05) is 37.4 Å². The van der Waals surface area contributed by atoms with E-state index in [-0.39, 0.29) is 0 Å². The van der Waals surface area contributed by atoms with Crippen molar-refractivity contribution in [3.8, 4) is 17.3 Å². The van der Waals surface area contributed by atoms with E-state index in [2.05, 4.69) is 27.9 Å². The first-order valence-corrected chi connectivity index (χ1v) is 8.61. The van der Waals surface area contributed by atoms with Gasteiger partial charge in [-0.15, -0.1) is 0 Å². The van der Waals surface area contributed by atoms with Gasteiger partial charge in [0.05, 0.1) is 18.8 Å². The molecule has 2 aromatic carbocycles. The third kappa shape index (κ3) is 4.79. The molecule has 0 radical (unpaired) electrons. The summed E-state index contributed by atoms with van der Waals surface area (Å²) in [6.45, 7) is 2.01. The summed E-state index contributed by atoms with van der Waals surface area (Å²) in [5.74, 6) is 0. The number of hydrogen-bond donors (Lipinski definition) is 2. The monoisotopic (exact) mass is 373 g/mol. The van der Waals surface area contributed by atoms with Gasteiger partial charge in [0.1, 0.15) is 0 Å². The Balaban J connectivity index is 0.00000109. The number of aromatic amines is 1. The number of nitrogens with zero attached hydrogens (tertiary/aromatic N) is 1. The largest absolute Gasteiger partial charge is 0.360 e. The normalized spacial score (nSPS) is 9.72. The smallest absolute Gasteiger partial charge is 0.0991 e. The molecule has 0 fully saturated rings. The number of nitriles is 1. The fourth-order valence-electron chi connectivity index (χ4n) is 2.22. The predicted octanol–water partition coefficient (Wildman–Crippen LogP) is 6.22. The molecule has 0 amide bonds. The predicted molar refractivity (Wildman–Crippen MR) is 104 cm³/mol. The number of hydrogen-bond acceptors (Lipinski definition) is 3. The third-order valence-electron chi connectivity index (χ3n) is 3.52. The Hall–Kier alpha value is -2.42. The second-order valence-corrected chi connectivity index (χ2v) is 6.34. The van der Waals surface area contributed by atoms with Crippen molar-refractivity contribution in [1.29, 1.82) is 5.26 Å². The third-order valence-corrected chi connectivity index (χ3v) is 4.73. The van der Waals surface area contributed by atoms with Crippen LogP contribution >= 0.6 is 23.5 Å². The van der Waals surface area contributed by atoms with E-state index in [9.17, 15) is 4.39 Å². The molecule has 3 nitrogen and oxygen atoms in total. The van der Waals surface area contributed by atoms with Crippen LogP contribution in [0.1, 0.15) is 11.1 Å². The fourth-order valence-corrected chi connectivity index (χ4v) is 3.06. The molecule has 0 unspecified atom stereocenters. The first-order valence-electron chi connectivity index (χ1n) is 7.42. The van der Waals surface area contributed by atoms with E-state index in [4.69, 9.17) is 16.9 Å². The van der Waals surface area contributed by atoms with Gasteiger partial charge in [0, 0.05) is 33.1 Å². The Labute approximate surface area is 156 Å². The van der Waals surface area contributed by atoms with Gasteiger partial charge >= 0.3 is 0 Å². The molecule has 3 rings (SSSR count). The Bertz CT molecular complexity index is 869. The molecule has 0 aliphatic carbocycles. The van der Waals surface area contributed by atoms with Crippen molar-refractivity contribution in [2.45, 2.75) is 11.8 Å². The van der Waals surface area contributed by atoms with Crippen LogP contribution in [0.2, 0.25) is 5.02 Å². The van der Waals surface area contributed by atoms with Gasteiger partial charge in [0.25, 0.3) is 0 Å². The molecule has 0 saturated carbocycles. The molecule has 1 heterocycles. The van der Waals surface area contributed by atoms with E-state index in [0.29, 0.717) is 12.7 Å². The zero-order valence-corrected chi connectivity index (χ0v) is 15.4. The molecule has 0 aliphatic heterocycles. The summed E-state index contributed by atoms with van der Waals surface area (Å²) in [7, 11) is 0.500. The van der Waals surface area contributed by atoms with Crippen LogP contribution < -0.4 is 4.72 Å². The number of halogens is 2. The van der Waals surface area contributed by atoms with E-state index in [1.165, 1.54) is 11.9 Å². The van der Waals surface area contributed by atoms with E-state index in [0.717, 1.165) is 32.4 Å². The molecule has 25 heavy (non-hydrogen) atoms. The zero-order chi connectivity index (χ0) is 18.2. The summed E-state index contributed by atoms with van der Waals surface area (Å²) in [5, 5.41) is 9.57. The maximum atomic E-state index is 9.50. The molecule has 1 aromatic heterocycles. The van der Waals surface area contributed by atoms with Gasteiger partial charge in [-0.2, -0.15) is 5.26 Å². The topological polar surface area (TPSA) is 51.6 Å². The van der Waals surface area contributed by atoms with Crippen molar-refractivity contribution in [2.24, 2.45) is 0 Å². The second-order valence-electron chi connectivity index (χ2n) is 5.05. The van der Waals surface area contributed by atoms with Crippen LogP contribution in [-0.4, -0.2) is 12.2 Å². The fraction of sp³-hybridized carbons (Fsp3) is 0.105. The van der Waals surface area contributed by atoms with Gasteiger partial charge in [-0.3, -0.25) is 4.39 Å². The Kier molecular flexibility index (Phi) is 6.93. The Morgan fingerprint density at radius 2 is 1.88 bits per heavy atom. The lowest BCUT2D eigenvalue weighted by Crippen LogP contribution is -1.85. The van der Waals surface area contributed by atoms with Crippen LogP contribution in [0.25, 0.3) is 11.3 Å². The maximum absolute atomic E-state index is 9.50. The highest BCUT2D eigenvalue weighted by Gasteiger charge is 2.07. The van der Waals surface area contributed by atoms with Crippen molar-refractivity contribution < 1.29 is 4.39 Å². The van der Waals surface area contributed by atoms with E-state index < -0.39 is 0 Å². The van der Waals surface area contributed by atoms with Gasteiger partial charge in [-0.25, -0.2) is 0 Å². The van der Waals surface area contributed by atoms with Crippen LogP contribution in [0.15, 0.2) is 59.6 Å². The standard InChI is InChI=1S/C18H14ClN3S.CH3F/c1-12-16(3-2-4-17(12)19)18-9-15(11-21-18)23-22-14-7-5-13(10-20)6-8-14;1-2/h2-9,11,21-22H,1H3;1H3. The molecule has 128 valence electrons. The lowest BCUT2D eigenvalue weighted by atomic mass is 10.1. The first-order chi connectivity index (χ1) is 12.2. The average Bonchev–Trinajstić information content (AvgIpc) is 3.13. The lowest BCUT2D eigenvalue weighted by Gasteiger charge is -2.05. The first kappa shape index (κ1) is 18.9. The zero-order valence-electron chi connectivity index (χ0n) is 13.8. The quantitative estimate of drug-likeness (QED) is 0.533. The molecule has 0 spiro atoms. The van der Waals surface area contributed by atoms with Crippen LogP contribution in [0.5, 0.6) is 0 Å². The van der Waals surface area contributed by atoms with Crippen LogP contribution in [0, 0.1) is 18.3 Å². The van der Waals surface area contributed by atoms with Gasteiger partial charge in [0.15, 0.2) is 0 Å². The van der Waals surface area contributed by atoms with Crippen molar-refractivity contribution in [2.75, 3.05) is 11.9 Å². The highest BCUT2D eigenvalue weighted by Crippen LogP contribution is 2.30. The van der Waals surface area contributed by atoms with Gasteiger partial charge in [0.2, 0.25) is 0 Å². The molecule has 0 saturated heterocycles. The molecule has 0 atom stereocenters. The number of aromatic nitrogens is 1. The minimum atomic E-state index is 0.500. The molecule has 0 bridgehead atoms. The number of H-pyrrole nitrogens is 1. The molecule has 0 aliphatic rings. The highest BCUT2D eigenvalue weighted by molar-refractivity contribution is 8.00. The van der Waals surface area contributed by atoms with Crippen molar-refractivity contribution in [1.82, 2.24) is 4.98 Å². The lowest BCUT2D eigenvalue weighted by molar-refractivity contribution is 0.636. The SMILES string of the molecule is CF.Cc1c(Cl)cccc1-c1cc(SNc2ccc(C#N)cc2)c[nH]1. The minimum Gasteiger partial charge on any atom is -0.360 e. The summed E-state index contributed by atoms with van der Waals surface area (Å²) in [6.07, 6.45) is 1.96. The van der Waals surface area contributed by atoms with Crippen molar-refractivity contribution in [3.63, 3.8) is 0 Å². The summed E-state index contributed by atoms with van der Waals surface area (Å²) in [6, 6.07) is 17.5. The van der Waals surface area contributed by atoms with Crippen LogP contribution in [-0.2, 0) is 0 Å². The number of alkyl halides is 1. The van der Waals surface area contributed by atoms with Gasteiger partial charge < -0.3 is 9.71 Å². The Morgan fingerprint density at radius 3 is 2.56 bits per heavy atom. The number of benzene rings is 2. The van der Waals surface area contributed by atoms with Crippen molar-refractivity contribution >= 4 is 29.2 Å². The molecule has 3 aromatic rings. The molecule has 6 heteroatoms.